The summed E-state index contributed by atoms with van der Waals surface area (Å²) in [4.78, 5) is 11.7. The molecule has 0 atom stereocenters. The highest BCUT2D eigenvalue weighted by atomic mass is 16.4. The van der Waals surface area contributed by atoms with Crippen molar-refractivity contribution in [3.8, 4) is 0 Å². The zero-order valence-corrected chi connectivity index (χ0v) is 11.3. The van der Waals surface area contributed by atoms with Crippen molar-refractivity contribution in [1.29, 1.82) is 0 Å². The van der Waals surface area contributed by atoms with Gasteiger partial charge in [-0.2, -0.15) is 0 Å². The minimum absolute atomic E-state index is 0.630. The standard InChI is InChI=1S/C16H22O2/c1-3-13-7-8-14(11-12(13)2)16(15(17)18)9-5-4-6-10-16/h7-8,11H,3-6,9-10H2,1-2H3,(H,17,18). The highest BCUT2D eigenvalue weighted by molar-refractivity contribution is 5.81. The Bertz CT molecular complexity index is 442. The molecule has 0 bridgehead atoms. The number of aryl methyl sites for hydroxylation is 2. The van der Waals surface area contributed by atoms with Crippen LogP contribution in [-0.4, -0.2) is 11.1 Å². The minimum atomic E-state index is -0.647. The van der Waals surface area contributed by atoms with Crippen LogP contribution in [-0.2, 0) is 16.6 Å². The lowest BCUT2D eigenvalue weighted by molar-refractivity contribution is -0.145. The fourth-order valence-corrected chi connectivity index (χ4v) is 3.17. The van der Waals surface area contributed by atoms with Gasteiger partial charge in [0.1, 0.15) is 0 Å². The van der Waals surface area contributed by atoms with Gasteiger partial charge in [0.05, 0.1) is 5.41 Å². The molecule has 1 aromatic carbocycles. The van der Waals surface area contributed by atoms with Crippen LogP contribution in [0.15, 0.2) is 18.2 Å². The summed E-state index contributed by atoms with van der Waals surface area (Å²) in [6, 6.07) is 6.23. The van der Waals surface area contributed by atoms with Gasteiger partial charge in [0.25, 0.3) is 0 Å². The Morgan fingerprint density at radius 2 is 1.94 bits per heavy atom. The van der Waals surface area contributed by atoms with Crippen molar-refractivity contribution >= 4 is 5.97 Å². The average molecular weight is 246 g/mol. The van der Waals surface area contributed by atoms with Crippen LogP contribution < -0.4 is 0 Å². The molecule has 2 heteroatoms. The van der Waals surface area contributed by atoms with Crippen molar-refractivity contribution in [3.05, 3.63) is 34.9 Å². The Morgan fingerprint density at radius 3 is 2.44 bits per heavy atom. The number of carboxylic acids is 1. The van der Waals surface area contributed by atoms with E-state index in [0.717, 1.165) is 37.7 Å². The predicted octanol–water partition coefficient (Wildman–Crippen LogP) is 3.84. The second-order valence-corrected chi connectivity index (χ2v) is 5.44. The van der Waals surface area contributed by atoms with E-state index < -0.39 is 11.4 Å². The number of benzene rings is 1. The Morgan fingerprint density at radius 1 is 1.28 bits per heavy atom. The van der Waals surface area contributed by atoms with Gasteiger partial charge in [0.15, 0.2) is 0 Å². The van der Waals surface area contributed by atoms with E-state index in [-0.39, 0.29) is 0 Å². The Hall–Kier alpha value is -1.31. The molecule has 18 heavy (non-hydrogen) atoms. The topological polar surface area (TPSA) is 37.3 Å². The summed E-state index contributed by atoms with van der Waals surface area (Å²) >= 11 is 0. The van der Waals surface area contributed by atoms with Crippen LogP contribution in [0.4, 0.5) is 0 Å². The second kappa shape index (κ2) is 5.13. The fraction of sp³-hybridized carbons (Fsp3) is 0.562. The van der Waals surface area contributed by atoms with Gasteiger partial charge in [-0.05, 0) is 42.9 Å². The molecule has 2 rings (SSSR count). The number of aliphatic carboxylic acids is 1. The maximum Gasteiger partial charge on any atom is 0.314 e. The molecule has 0 unspecified atom stereocenters. The summed E-state index contributed by atoms with van der Waals surface area (Å²) in [5, 5.41) is 9.66. The SMILES string of the molecule is CCc1ccc(C2(C(=O)O)CCCCC2)cc1C. The smallest absolute Gasteiger partial charge is 0.314 e. The van der Waals surface area contributed by atoms with Crippen molar-refractivity contribution in [2.24, 2.45) is 0 Å². The monoisotopic (exact) mass is 246 g/mol. The lowest BCUT2D eigenvalue weighted by atomic mass is 9.69. The van der Waals surface area contributed by atoms with E-state index in [1.807, 2.05) is 6.07 Å². The van der Waals surface area contributed by atoms with E-state index in [1.54, 1.807) is 0 Å². The minimum Gasteiger partial charge on any atom is -0.481 e. The van der Waals surface area contributed by atoms with Gasteiger partial charge in [0, 0.05) is 0 Å². The van der Waals surface area contributed by atoms with Gasteiger partial charge < -0.3 is 5.11 Å². The molecule has 1 aromatic rings. The average Bonchev–Trinajstić information content (AvgIpc) is 2.39. The second-order valence-electron chi connectivity index (χ2n) is 5.44. The molecule has 1 N–H and O–H groups in total. The van der Waals surface area contributed by atoms with E-state index in [2.05, 4.69) is 26.0 Å². The van der Waals surface area contributed by atoms with Crippen LogP contribution in [0.25, 0.3) is 0 Å². The van der Waals surface area contributed by atoms with Crippen molar-refractivity contribution in [1.82, 2.24) is 0 Å². The van der Waals surface area contributed by atoms with Gasteiger partial charge in [-0.3, -0.25) is 4.79 Å². The molecule has 2 nitrogen and oxygen atoms in total. The highest BCUT2D eigenvalue weighted by Gasteiger charge is 2.41. The first kappa shape index (κ1) is 13.1. The normalized spacial score (nSPS) is 18.6. The van der Waals surface area contributed by atoms with Gasteiger partial charge in [-0.1, -0.05) is 44.4 Å². The Kier molecular flexibility index (Phi) is 3.74. The van der Waals surface area contributed by atoms with Gasteiger partial charge in [-0.25, -0.2) is 0 Å². The van der Waals surface area contributed by atoms with Crippen molar-refractivity contribution < 1.29 is 9.90 Å². The van der Waals surface area contributed by atoms with Gasteiger partial charge in [-0.15, -0.1) is 0 Å². The molecule has 0 amide bonds. The third-order valence-electron chi connectivity index (χ3n) is 4.39. The first-order chi connectivity index (χ1) is 8.60. The van der Waals surface area contributed by atoms with E-state index in [0.29, 0.717) is 0 Å². The third kappa shape index (κ3) is 2.16. The maximum absolute atomic E-state index is 11.7. The van der Waals surface area contributed by atoms with Crippen LogP contribution in [0.2, 0.25) is 0 Å². The zero-order valence-electron chi connectivity index (χ0n) is 11.3. The molecule has 0 radical (unpaired) electrons. The summed E-state index contributed by atoms with van der Waals surface area (Å²) in [5.41, 5.74) is 2.91. The van der Waals surface area contributed by atoms with Crippen molar-refractivity contribution in [2.75, 3.05) is 0 Å². The number of rotatable bonds is 3. The largest absolute Gasteiger partial charge is 0.481 e. The predicted molar refractivity (Wildman–Crippen MR) is 73.0 cm³/mol. The molecule has 0 aliphatic heterocycles. The summed E-state index contributed by atoms with van der Waals surface area (Å²) in [6.45, 7) is 4.22. The summed E-state index contributed by atoms with van der Waals surface area (Å²) in [6.07, 6.45) is 5.80. The molecule has 0 heterocycles. The van der Waals surface area contributed by atoms with Crippen LogP contribution in [0.1, 0.15) is 55.7 Å². The first-order valence-corrected chi connectivity index (χ1v) is 6.93. The zero-order chi connectivity index (χ0) is 13.2. The lowest BCUT2D eigenvalue weighted by Crippen LogP contribution is -2.37. The molecule has 1 fully saturated rings. The molecule has 1 saturated carbocycles. The fourth-order valence-electron chi connectivity index (χ4n) is 3.17. The van der Waals surface area contributed by atoms with Gasteiger partial charge in [0.2, 0.25) is 0 Å². The molecular formula is C16H22O2. The molecule has 1 aliphatic carbocycles. The van der Waals surface area contributed by atoms with E-state index in [4.69, 9.17) is 0 Å². The molecule has 98 valence electrons. The molecule has 1 aliphatic rings. The number of hydrogen-bond donors (Lipinski definition) is 1. The Labute approximate surface area is 109 Å². The summed E-state index contributed by atoms with van der Waals surface area (Å²) in [5.74, 6) is -0.647. The summed E-state index contributed by atoms with van der Waals surface area (Å²) < 4.78 is 0. The van der Waals surface area contributed by atoms with E-state index in [9.17, 15) is 9.90 Å². The third-order valence-corrected chi connectivity index (χ3v) is 4.39. The van der Waals surface area contributed by atoms with Crippen LogP contribution in [0.5, 0.6) is 0 Å². The molecule has 0 spiro atoms. The maximum atomic E-state index is 11.7. The Balaban J connectivity index is 2.43. The van der Waals surface area contributed by atoms with Crippen LogP contribution in [0.3, 0.4) is 0 Å². The molecule has 0 saturated heterocycles. The van der Waals surface area contributed by atoms with E-state index >= 15 is 0 Å². The molecule has 0 aromatic heterocycles. The number of carbonyl (C=O) groups is 1. The van der Waals surface area contributed by atoms with Crippen LogP contribution >= 0.6 is 0 Å². The number of hydrogen-bond acceptors (Lipinski definition) is 1. The number of carboxylic acid groups (broad SMARTS) is 1. The lowest BCUT2D eigenvalue weighted by Gasteiger charge is -2.34. The van der Waals surface area contributed by atoms with Crippen molar-refractivity contribution in [3.63, 3.8) is 0 Å². The summed E-state index contributed by atoms with van der Waals surface area (Å²) in [7, 11) is 0. The molecular weight excluding hydrogens is 224 g/mol. The quantitative estimate of drug-likeness (QED) is 0.879. The van der Waals surface area contributed by atoms with Crippen molar-refractivity contribution in [2.45, 2.75) is 57.8 Å². The van der Waals surface area contributed by atoms with Crippen LogP contribution in [0, 0.1) is 6.92 Å². The first-order valence-electron chi connectivity index (χ1n) is 6.93. The van der Waals surface area contributed by atoms with Gasteiger partial charge >= 0.3 is 5.97 Å². The van der Waals surface area contributed by atoms with E-state index in [1.165, 1.54) is 17.5 Å². The highest BCUT2D eigenvalue weighted by Crippen LogP contribution is 2.40.